The van der Waals surface area contributed by atoms with Gasteiger partial charge in [-0.2, -0.15) is 0 Å². The van der Waals surface area contributed by atoms with Crippen molar-refractivity contribution < 1.29 is 4.74 Å². The SMILES string of the molecule is COc1ccc(Br)cc1Nc1ncc(C)[nH]1. The van der Waals surface area contributed by atoms with Gasteiger partial charge in [-0.3, -0.25) is 0 Å². The average molecular weight is 282 g/mol. The Morgan fingerprint density at radius 2 is 2.25 bits per heavy atom. The van der Waals surface area contributed by atoms with Crippen LogP contribution in [0.1, 0.15) is 5.69 Å². The zero-order valence-electron chi connectivity index (χ0n) is 9.04. The van der Waals surface area contributed by atoms with Crippen LogP contribution >= 0.6 is 15.9 Å². The van der Waals surface area contributed by atoms with Gasteiger partial charge in [-0.05, 0) is 25.1 Å². The second-order valence-corrected chi connectivity index (χ2v) is 4.30. The summed E-state index contributed by atoms with van der Waals surface area (Å²) in [4.78, 5) is 7.28. The summed E-state index contributed by atoms with van der Waals surface area (Å²) in [5, 5.41) is 3.16. The molecule has 4 nitrogen and oxygen atoms in total. The molecule has 0 aliphatic rings. The van der Waals surface area contributed by atoms with Crippen molar-refractivity contribution >= 4 is 27.6 Å². The monoisotopic (exact) mass is 281 g/mol. The number of benzene rings is 1. The molecular weight excluding hydrogens is 270 g/mol. The van der Waals surface area contributed by atoms with E-state index in [1.165, 1.54) is 0 Å². The van der Waals surface area contributed by atoms with Crippen LogP contribution in [0.5, 0.6) is 5.75 Å². The molecule has 84 valence electrons. The molecule has 1 heterocycles. The van der Waals surface area contributed by atoms with Gasteiger partial charge in [0.15, 0.2) is 0 Å². The Kier molecular flexibility index (Phi) is 3.14. The van der Waals surface area contributed by atoms with Crippen LogP contribution in [0.15, 0.2) is 28.9 Å². The molecule has 0 radical (unpaired) electrons. The normalized spacial score (nSPS) is 10.2. The van der Waals surface area contributed by atoms with Crippen LogP contribution in [0.25, 0.3) is 0 Å². The van der Waals surface area contributed by atoms with Crippen molar-refractivity contribution in [2.75, 3.05) is 12.4 Å². The number of rotatable bonds is 3. The van der Waals surface area contributed by atoms with E-state index in [-0.39, 0.29) is 0 Å². The second kappa shape index (κ2) is 4.57. The van der Waals surface area contributed by atoms with Crippen molar-refractivity contribution in [1.82, 2.24) is 9.97 Å². The van der Waals surface area contributed by atoms with E-state index in [9.17, 15) is 0 Å². The lowest BCUT2D eigenvalue weighted by Crippen LogP contribution is -1.96. The number of hydrogen-bond acceptors (Lipinski definition) is 3. The molecule has 1 aromatic heterocycles. The highest BCUT2D eigenvalue weighted by atomic mass is 79.9. The summed E-state index contributed by atoms with van der Waals surface area (Å²) in [6, 6.07) is 5.76. The number of anilines is 2. The van der Waals surface area contributed by atoms with Crippen molar-refractivity contribution in [3.8, 4) is 5.75 Å². The molecule has 0 aliphatic carbocycles. The number of imidazole rings is 1. The zero-order chi connectivity index (χ0) is 11.5. The number of nitrogens with zero attached hydrogens (tertiary/aromatic N) is 1. The van der Waals surface area contributed by atoms with Crippen LogP contribution in [-0.2, 0) is 0 Å². The molecule has 0 atom stereocenters. The fraction of sp³-hybridized carbons (Fsp3) is 0.182. The lowest BCUT2D eigenvalue weighted by molar-refractivity contribution is 0.416. The number of halogens is 1. The van der Waals surface area contributed by atoms with Gasteiger partial charge in [-0.1, -0.05) is 15.9 Å². The van der Waals surface area contributed by atoms with Crippen LogP contribution in [0.4, 0.5) is 11.6 Å². The summed E-state index contributed by atoms with van der Waals surface area (Å²) < 4.78 is 6.24. The van der Waals surface area contributed by atoms with Crippen molar-refractivity contribution in [2.24, 2.45) is 0 Å². The van der Waals surface area contributed by atoms with E-state index in [1.54, 1.807) is 13.3 Å². The number of aromatic amines is 1. The summed E-state index contributed by atoms with van der Waals surface area (Å²) in [5.74, 6) is 1.48. The molecule has 0 saturated carbocycles. The van der Waals surface area contributed by atoms with Gasteiger partial charge < -0.3 is 15.0 Å². The number of nitrogens with one attached hydrogen (secondary N) is 2. The van der Waals surface area contributed by atoms with Gasteiger partial charge in [0.05, 0.1) is 12.8 Å². The predicted octanol–water partition coefficient (Wildman–Crippen LogP) is 3.23. The largest absolute Gasteiger partial charge is 0.495 e. The molecule has 1 aromatic carbocycles. The topological polar surface area (TPSA) is 49.9 Å². The fourth-order valence-electron chi connectivity index (χ4n) is 1.38. The molecular formula is C11H12BrN3O. The van der Waals surface area contributed by atoms with Gasteiger partial charge in [0.2, 0.25) is 5.95 Å². The molecule has 0 saturated heterocycles. The van der Waals surface area contributed by atoms with Gasteiger partial charge in [0, 0.05) is 16.4 Å². The van der Waals surface area contributed by atoms with E-state index in [0.717, 1.165) is 21.6 Å². The molecule has 0 amide bonds. The maximum absolute atomic E-state index is 5.25. The summed E-state index contributed by atoms with van der Waals surface area (Å²) in [6.07, 6.45) is 1.77. The van der Waals surface area contributed by atoms with Crippen molar-refractivity contribution in [1.29, 1.82) is 0 Å². The summed E-state index contributed by atoms with van der Waals surface area (Å²) in [7, 11) is 1.64. The van der Waals surface area contributed by atoms with E-state index in [4.69, 9.17) is 4.74 Å². The Morgan fingerprint density at radius 1 is 1.44 bits per heavy atom. The Hall–Kier alpha value is -1.49. The van der Waals surface area contributed by atoms with E-state index in [1.807, 2.05) is 25.1 Å². The quantitative estimate of drug-likeness (QED) is 0.908. The van der Waals surface area contributed by atoms with Gasteiger partial charge in [0.1, 0.15) is 5.75 Å². The molecule has 0 spiro atoms. The smallest absolute Gasteiger partial charge is 0.204 e. The number of hydrogen-bond donors (Lipinski definition) is 2. The Labute approximate surface area is 102 Å². The molecule has 5 heteroatoms. The number of aromatic nitrogens is 2. The first kappa shape index (κ1) is 11.0. The first-order valence-electron chi connectivity index (χ1n) is 4.81. The van der Waals surface area contributed by atoms with Gasteiger partial charge in [0.25, 0.3) is 0 Å². The average Bonchev–Trinajstić information content (AvgIpc) is 2.64. The third-order valence-corrected chi connectivity index (χ3v) is 2.61. The van der Waals surface area contributed by atoms with E-state index in [0.29, 0.717) is 5.95 Å². The van der Waals surface area contributed by atoms with Crippen molar-refractivity contribution in [3.05, 3.63) is 34.6 Å². The molecule has 0 bridgehead atoms. The highest BCUT2D eigenvalue weighted by Gasteiger charge is 2.05. The second-order valence-electron chi connectivity index (χ2n) is 3.38. The van der Waals surface area contributed by atoms with Gasteiger partial charge >= 0.3 is 0 Å². The standard InChI is InChI=1S/C11H12BrN3O/c1-7-6-13-11(14-7)15-9-5-8(12)3-4-10(9)16-2/h3-6H,1-2H3,(H2,13,14,15). The van der Waals surface area contributed by atoms with E-state index in [2.05, 4.69) is 31.2 Å². The summed E-state index contributed by atoms with van der Waals surface area (Å²) in [5.41, 5.74) is 1.88. The van der Waals surface area contributed by atoms with E-state index >= 15 is 0 Å². The van der Waals surface area contributed by atoms with E-state index < -0.39 is 0 Å². The van der Waals surface area contributed by atoms with Crippen LogP contribution in [0, 0.1) is 6.92 Å². The molecule has 0 fully saturated rings. The summed E-state index contributed by atoms with van der Waals surface area (Å²) in [6.45, 7) is 1.95. The minimum Gasteiger partial charge on any atom is -0.495 e. The number of aryl methyl sites for hydroxylation is 1. The molecule has 2 rings (SSSR count). The summed E-state index contributed by atoms with van der Waals surface area (Å²) >= 11 is 3.42. The minimum atomic E-state index is 0.703. The van der Waals surface area contributed by atoms with Crippen LogP contribution in [0.3, 0.4) is 0 Å². The highest BCUT2D eigenvalue weighted by Crippen LogP contribution is 2.29. The zero-order valence-corrected chi connectivity index (χ0v) is 10.6. The van der Waals surface area contributed by atoms with Crippen molar-refractivity contribution in [3.63, 3.8) is 0 Å². The minimum absolute atomic E-state index is 0.703. The molecule has 16 heavy (non-hydrogen) atoms. The molecule has 2 aromatic rings. The number of ether oxygens (including phenoxy) is 1. The highest BCUT2D eigenvalue weighted by molar-refractivity contribution is 9.10. The van der Waals surface area contributed by atoms with Crippen LogP contribution in [0.2, 0.25) is 0 Å². The molecule has 0 unspecified atom stereocenters. The lowest BCUT2D eigenvalue weighted by atomic mass is 10.3. The predicted molar refractivity (Wildman–Crippen MR) is 67.3 cm³/mol. The first-order chi connectivity index (χ1) is 7.69. The van der Waals surface area contributed by atoms with Gasteiger partial charge in [-0.15, -0.1) is 0 Å². The maximum Gasteiger partial charge on any atom is 0.204 e. The lowest BCUT2D eigenvalue weighted by Gasteiger charge is -2.09. The Bertz CT molecular complexity index is 496. The Morgan fingerprint density at radius 3 is 2.88 bits per heavy atom. The molecule has 2 N–H and O–H groups in total. The van der Waals surface area contributed by atoms with Crippen LogP contribution in [-0.4, -0.2) is 17.1 Å². The Balaban J connectivity index is 2.29. The fourth-order valence-corrected chi connectivity index (χ4v) is 1.74. The third kappa shape index (κ3) is 2.36. The third-order valence-electron chi connectivity index (χ3n) is 2.12. The maximum atomic E-state index is 5.25. The number of H-pyrrole nitrogens is 1. The van der Waals surface area contributed by atoms with Crippen LogP contribution < -0.4 is 10.1 Å². The van der Waals surface area contributed by atoms with Gasteiger partial charge in [-0.25, -0.2) is 4.98 Å². The molecule has 0 aliphatic heterocycles. The number of methoxy groups -OCH3 is 1. The first-order valence-corrected chi connectivity index (χ1v) is 5.60. The van der Waals surface area contributed by atoms with Crippen molar-refractivity contribution in [2.45, 2.75) is 6.92 Å².